The fourth-order valence-corrected chi connectivity index (χ4v) is 0.584. The van der Waals surface area contributed by atoms with Crippen LogP contribution in [0.15, 0.2) is 15.7 Å². The smallest absolute Gasteiger partial charge is 0.352 e. The van der Waals surface area contributed by atoms with E-state index < -0.39 is 27.2 Å². The minimum absolute atomic E-state index is 0.418. The minimum atomic E-state index is -1.34. The molecule has 0 spiro atoms. The molecular formula is C6H5Cl3N2O4. The van der Waals surface area contributed by atoms with Gasteiger partial charge in [0.05, 0.1) is 0 Å². The van der Waals surface area contributed by atoms with E-state index >= 15 is 0 Å². The highest BCUT2D eigenvalue weighted by atomic mass is 35.6. The first-order valence-corrected chi connectivity index (χ1v) is 4.63. The predicted molar refractivity (Wildman–Crippen MR) is 56.0 cm³/mol. The van der Waals surface area contributed by atoms with E-state index in [0.29, 0.717) is 0 Å². The van der Waals surface area contributed by atoms with Crippen molar-refractivity contribution in [2.45, 2.75) is 4.30 Å². The number of rotatable bonds is 1. The molecule has 0 aromatic carbocycles. The molecule has 6 nitrogen and oxygen atoms in total. The topological polar surface area (TPSA) is 103 Å². The maximum Gasteiger partial charge on any atom is 0.352 e. The van der Waals surface area contributed by atoms with Crippen LogP contribution in [0.3, 0.4) is 0 Å². The average Bonchev–Trinajstić information content (AvgIpc) is 2.00. The Hall–Kier alpha value is -0.980. The number of nitrogens with one attached hydrogen (secondary N) is 2. The molecule has 15 heavy (non-hydrogen) atoms. The highest BCUT2D eigenvalue weighted by Gasteiger charge is 2.03. The molecule has 0 amide bonds. The molecule has 84 valence electrons. The number of H-pyrrole nitrogens is 2. The van der Waals surface area contributed by atoms with Gasteiger partial charge in [-0.3, -0.25) is 9.78 Å². The first-order chi connectivity index (χ1) is 6.82. The molecule has 0 saturated carbocycles. The fourth-order valence-electron chi connectivity index (χ4n) is 0.584. The summed E-state index contributed by atoms with van der Waals surface area (Å²) in [7, 11) is 0. The molecule has 0 fully saturated rings. The lowest BCUT2D eigenvalue weighted by molar-refractivity contribution is 0.0689. The van der Waals surface area contributed by atoms with Gasteiger partial charge in [0.1, 0.15) is 5.69 Å². The Labute approximate surface area is 97.8 Å². The number of halogens is 3. The largest absolute Gasteiger partial charge is 0.477 e. The number of hydrogen-bond donors (Lipinski definition) is 3. The molecule has 1 aromatic heterocycles. The molecule has 9 heteroatoms. The van der Waals surface area contributed by atoms with Crippen molar-refractivity contribution in [2.24, 2.45) is 0 Å². The first kappa shape index (κ1) is 14.0. The molecule has 3 N–H and O–H groups in total. The van der Waals surface area contributed by atoms with E-state index in [2.05, 4.69) is 0 Å². The quantitative estimate of drug-likeness (QED) is 0.658. The zero-order valence-electron chi connectivity index (χ0n) is 6.96. The predicted octanol–water partition coefficient (Wildman–Crippen LogP) is 0.748. The number of carbonyl (C=O) groups is 1. The Kier molecular flexibility index (Phi) is 6.07. The highest BCUT2D eigenvalue weighted by molar-refractivity contribution is 6.63. The molecule has 1 rings (SSSR count). The summed E-state index contributed by atoms with van der Waals surface area (Å²) in [6.07, 6.45) is 0. The van der Waals surface area contributed by atoms with Gasteiger partial charge in [0.15, 0.2) is 4.30 Å². The molecule has 0 aliphatic rings. The molecule has 0 unspecified atom stereocenters. The molecule has 1 heterocycles. The van der Waals surface area contributed by atoms with Crippen molar-refractivity contribution in [1.29, 1.82) is 0 Å². The molecule has 0 bridgehead atoms. The van der Waals surface area contributed by atoms with Crippen LogP contribution < -0.4 is 11.2 Å². The third-order valence-electron chi connectivity index (χ3n) is 0.991. The van der Waals surface area contributed by atoms with Crippen LogP contribution in [0.1, 0.15) is 10.5 Å². The number of carboxylic acids is 1. The number of aromatic nitrogens is 2. The van der Waals surface area contributed by atoms with E-state index in [1.807, 2.05) is 9.97 Å². The van der Waals surface area contributed by atoms with Crippen LogP contribution in [-0.4, -0.2) is 25.3 Å². The molecule has 0 aliphatic heterocycles. The zero-order valence-corrected chi connectivity index (χ0v) is 9.23. The van der Waals surface area contributed by atoms with Gasteiger partial charge in [0.2, 0.25) is 0 Å². The van der Waals surface area contributed by atoms with Gasteiger partial charge in [-0.25, -0.2) is 9.59 Å². The molecular weight excluding hydrogens is 270 g/mol. The van der Waals surface area contributed by atoms with Crippen LogP contribution in [0, 0.1) is 0 Å². The maximum atomic E-state index is 10.5. The standard InChI is InChI=1S/C5H4N2O4.CHCl3/c8-3-1-2(4(9)10)6-5(11)7-3;2-1(3)4/h1H,(H,9,10)(H2,6,7,8,11);1H. The van der Waals surface area contributed by atoms with Crippen molar-refractivity contribution in [3.8, 4) is 0 Å². The molecule has 0 aliphatic carbocycles. The second kappa shape index (κ2) is 6.49. The summed E-state index contributed by atoms with van der Waals surface area (Å²) < 4.78 is -0.750. The lowest BCUT2D eigenvalue weighted by atomic mass is 10.4. The number of carboxylic acid groups (broad SMARTS) is 1. The van der Waals surface area contributed by atoms with Crippen molar-refractivity contribution in [2.75, 3.05) is 0 Å². The molecule has 0 atom stereocenters. The average molecular weight is 275 g/mol. The summed E-state index contributed by atoms with van der Waals surface area (Å²) >= 11 is 14.4. The van der Waals surface area contributed by atoms with Crippen LogP contribution in [0.4, 0.5) is 0 Å². The van der Waals surface area contributed by atoms with Crippen molar-refractivity contribution in [1.82, 2.24) is 9.97 Å². The lowest BCUT2D eigenvalue weighted by Gasteiger charge is -1.89. The van der Waals surface area contributed by atoms with E-state index in [-0.39, 0.29) is 0 Å². The van der Waals surface area contributed by atoms with Crippen LogP contribution in [0.5, 0.6) is 0 Å². The SMILES string of the molecule is ClC(Cl)Cl.O=C(O)c1cc(=O)[nH]c(=O)[nH]1. The Bertz CT molecular complexity index is 407. The number of aromatic amines is 2. The van der Waals surface area contributed by atoms with Gasteiger partial charge >= 0.3 is 11.7 Å². The van der Waals surface area contributed by atoms with E-state index in [9.17, 15) is 14.4 Å². The van der Waals surface area contributed by atoms with Gasteiger partial charge in [-0.05, 0) is 0 Å². The molecule has 0 radical (unpaired) electrons. The third kappa shape index (κ3) is 7.01. The van der Waals surface area contributed by atoms with Gasteiger partial charge < -0.3 is 10.1 Å². The monoisotopic (exact) mass is 274 g/mol. The Morgan fingerprint density at radius 2 is 1.73 bits per heavy atom. The van der Waals surface area contributed by atoms with E-state index in [0.717, 1.165) is 6.07 Å². The summed E-state index contributed by atoms with van der Waals surface area (Å²) in [6, 6.07) is 0.795. The fraction of sp³-hybridized carbons (Fsp3) is 0.167. The van der Waals surface area contributed by atoms with Gasteiger partial charge in [-0.1, -0.05) is 34.8 Å². The van der Waals surface area contributed by atoms with Crippen LogP contribution in [-0.2, 0) is 0 Å². The van der Waals surface area contributed by atoms with Crippen molar-refractivity contribution in [3.63, 3.8) is 0 Å². The normalized spacial score (nSPS) is 9.33. The van der Waals surface area contributed by atoms with E-state index in [1.165, 1.54) is 0 Å². The summed E-state index contributed by atoms with van der Waals surface area (Å²) in [6.45, 7) is 0. The number of aromatic carboxylic acids is 1. The van der Waals surface area contributed by atoms with Gasteiger partial charge in [-0.15, -0.1) is 0 Å². The van der Waals surface area contributed by atoms with Crippen molar-refractivity contribution >= 4 is 40.8 Å². The van der Waals surface area contributed by atoms with Gasteiger partial charge in [0.25, 0.3) is 5.56 Å². The summed E-state index contributed by atoms with van der Waals surface area (Å²) in [5.74, 6) is -1.34. The van der Waals surface area contributed by atoms with E-state index in [4.69, 9.17) is 39.9 Å². The van der Waals surface area contributed by atoms with Gasteiger partial charge in [0, 0.05) is 6.07 Å². The second-order valence-electron chi connectivity index (χ2n) is 2.05. The van der Waals surface area contributed by atoms with Gasteiger partial charge in [-0.2, -0.15) is 0 Å². The Morgan fingerprint density at radius 3 is 2.07 bits per heavy atom. The Balaban J connectivity index is 0.000000423. The third-order valence-corrected chi connectivity index (χ3v) is 0.991. The van der Waals surface area contributed by atoms with Crippen LogP contribution >= 0.6 is 34.8 Å². The van der Waals surface area contributed by atoms with Crippen LogP contribution in [0.2, 0.25) is 0 Å². The summed E-state index contributed by atoms with van der Waals surface area (Å²) in [5.41, 5.74) is -1.97. The van der Waals surface area contributed by atoms with Crippen molar-refractivity contribution < 1.29 is 9.90 Å². The first-order valence-electron chi connectivity index (χ1n) is 3.32. The lowest BCUT2D eigenvalue weighted by Crippen LogP contribution is -2.24. The summed E-state index contributed by atoms with van der Waals surface area (Å²) in [5, 5.41) is 8.31. The van der Waals surface area contributed by atoms with Crippen molar-refractivity contribution in [3.05, 3.63) is 32.6 Å². The molecule has 0 saturated heterocycles. The minimum Gasteiger partial charge on any atom is -0.477 e. The van der Waals surface area contributed by atoms with E-state index in [1.54, 1.807) is 0 Å². The summed E-state index contributed by atoms with van der Waals surface area (Å²) in [4.78, 5) is 34.9. The Morgan fingerprint density at radius 1 is 1.27 bits per heavy atom. The maximum absolute atomic E-state index is 10.5. The second-order valence-corrected chi connectivity index (χ2v) is 4.03. The molecule has 1 aromatic rings. The van der Waals surface area contributed by atoms with Crippen LogP contribution in [0.25, 0.3) is 0 Å². The highest BCUT2D eigenvalue weighted by Crippen LogP contribution is 2.03. The number of alkyl halides is 3. The number of hydrogen-bond acceptors (Lipinski definition) is 3. The zero-order chi connectivity index (χ0) is 12.0.